The second-order valence-corrected chi connectivity index (χ2v) is 4.64. The van der Waals surface area contributed by atoms with Gasteiger partial charge in [0.1, 0.15) is 16.9 Å². The van der Waals surface area contributed by atoms with E-state index >= 15 is 0 Å². The summed E-state index contributed by atoms with van der Waals surface area (Å²) < 4.78 is 32.7. The molecule has 0 saturated carbocycles. The van der Waals surface area contributed by atoms with Gasteiger partial charge in [-0.15, -0.1) is 0 Å². The number of nitrogens with one attached hydrogen (secondary N) is 1. The molecule has 0 bridgehead atoms. The lowest BCUT2D eigenvalue weighted by molar-refractivity contribution is 0.0527. The summed E-state index contributed by atoms with van der Waals surface area (Å²) in [5.74, 6) is 3.10. The molecule has 0 aliphatic heterocycles. The molecule has 106 valence electrons. The number of esters is 1. The molecule has 0 aliphatic rings. The maximum atomic E-state index is 14.2. The fourth-order valence-electron chi connectivity index (χ4n) is 1.78. The van der Waals surface area contributed by atoms with Crippen molar-refractivity contribution in [2.75, 3.05) is 12.0 Å². The maximum Gasteiger partial charge on any atom is 0.341 e. The third-order valence-corrected chi connectivity index (χ3v) is 3.20. The number of rotatable bonds is 3. The Morgan fingerprint density at radius 1 is 1.55 bits per heavy atom. The fraction of sp³-hybridized carbons (Fsp3) is 0.167. The number of halogens is 3. The minimum Gasteiger partial charge on any atom is -0.462 e. The molecular weight excluding hydrogens is 336 g/mol. The molecular formula is C12H10BrF2N3O2. The van der Waals surface area contributed by atoms with Gasteiger partial charge in [0.05, 0.1) is 22.2 Å². The van der Waals surface area contributed by atoms with Crippen molar-refractivity contribution in [3.05, 3.63) is 33.9 Å². The van der Waals surface area contributed by atoms with Gasteiger partial charge in [-0.1, -0.05) is 0 Å². The topological polar surface area (TPSA) is 77.2 Å². The summed E-state index contributed by atoms with van der Waals surface area (Å²) in [5.41, 5.74) is 1.83. The van der Waals surface area contributed by atoms with E-state index in [9.17, 15) is 13.6 Å². The third-order valence-electron chi connectivity index (χ3n) is 2.63. The van der Waals surface area contributed by atoms with Crippen molar-refractivity contribution in [3.63, 3.8) is 0 Å². The predicted octanol–water partition coefficient (Wildman–Crippen LogP) is 2.74. The zero-order chi connectivity index (χ0) is 14.9. The van der Waals surface area contributed by atoms with Gasteiger partial charge in [0.2, 0.25) is 0 Å². The minimum absolute atomic E-state index is 0.0711. The van der Waals surface area contributed by atoms with Crippen LogP contribution in [0.25, 0.3) is 10.9 Å². The number of hydrogen-bond donors (Lipinski definition) is 2. The number of carbonyl (C=O) groups excluding carboxylic acids is 1. The first-order chi connectivity index (χ1) is 9.51. The summed E-state index contributed by atoms with van der Waals surface area (Å²) in [5, 5.41) is -0.218. The lowest BCUT2D eigenvalue weighted by Crippen LogP contribution is -2.15. The number of ether oxygens (including phenoxy) is 1. The van der Waals surface area contributed by atoms with Crippen LogP contribution in [0, 0.1) is 11.6 Å². The van der Waals surface area contributed by atoms with Crippen molar-refractivity contribution in [2.24, 2.45) is 5.84 Å². The third kappa shape index (κ3) is 2.32. The van der Waals surface area contributed by atoms with Gasteiger partial charge >= 0.3 is 5.97 Å². The normalized spacial score (nSPS) is 10.7. The first kappa shape index (κ1) is 14.6. The molecule has 0 atom stereocenters. The molecule has 1 aromatic heterocycles. The Hall–Kier alpha value is -1.80. The van der Waals surface area contributed by atoms with Gasteiger partial charge in [-0.05, 0) is 28.9 Å². The van der Waals surface area contributed by atoms with Crippen LogP contribution >= 0.6 is 15.9 Å². The Balaban J connectivity index is 2.82. The fourth-order valence-corrected chi connectivity index (χ4v) is 2.18. The number of nitrogens with zero attached hydrogens (tertiary/aromatic N) is 1. The summed E-state index contributed by atoms with van der Waals surface area (Å²) in [6, 6.07) is 0.953. The highest BCUT2D eigenvalue weighted by atomic mass is 79.9. The molecule has 0 fully saturated rings. The van der Waals surface area contributed by atoms with Gasteiger partial charge in [0, 0.05) is 6.20 Å². The van der Waals surface area contributed by atoms with E-state index < -0.39 is 17.6 Å². The lowest BCUT2D eigenvalue weighted by Gasteiger charge is -2.12. The van der Waals surface area contributed by atoms with Crippen molar-refractivity contribution in [2.45, 2.75) is 6.92 Å². The van der Waals surface area contributed by atoms with Crippen LogP contribution < -0.4 is 11.3 Å². The SMILES string of the molecule is CCOC(=O)c1cnc2c(F)cc(Br)c(F)c2c1NN. The van der Waals surface area contributed by atoms with Crippen LogP contribution in [0.15, 0.2) is 16.7 Å². The summed E-state index contributed by atoms with van der Waals surface area (Å²) >= 11 is 2.90. The summed E-state index contributed by atoms with van der Waals surface area (Å²) in [7, 11) is 0. The van der Waals surface area contributed by atoms with E-state index in [-0.39, 0.29) is 33.2 Å². The number of benzene rings is 1. The number of nitrogens with two attached hydrogens (primary N) is 1. The van der Waals surface area contributed by atoms with Gasteiger partial charge in [0.25, 0.3) is 0 Å². The number of hydrogen-bond acceptors (Lipinski definition) is 5. The van der Waals surface area contributed by atoms with Crippen molar-refractivity contribution < 1.29 is 18.3 Å². The van der Waals surface area contributed by atoms with Crippen LogP contribution in [-0.2, 0) is 4.74 Å². The van der Waals surface area contributed by atoms with E-state index in [1.165, 1.54) is 0 Å². The Labute approximate surface area is 121 Å². The first-order valence-electron chi connectivity index (χ1n) is 5.61. The van der Waals surface area contributed by atoms with Crippen molar-refractivity contribution in [1.82, 2.24) is 4.98 Å². The minimum atomic E-state index is -0.770. The highest BCUT2D eigenvalue weighted by Gasteiger charge is 2.21. The van der Waals surface area contributed by atoms with Gasteiger partial charge in [-0.25, -0.2) is 13.6 Å². The standard InChI is InChI=1S/C12H10BrF2N3O2/c1-2-20-12(19)5-4-17-11-7(14)3-6(13)9(15)8(11)10(5)18-16/h3-4H,2,16H2,1H3,(H,17,18). The van der Waals surface area contributed by atoms with E-state index in [1.807, 2.05) is 0 Å². The zero-order valence-electron chi connectivity index (χ0n) is 10.3. The smallest absolute Gasteiger partial charge is 0.341 e. The molecule has 2 rings (SSSR count). The Bertz CT molecular complexity index is 694. The first-order valence-corrected chi connectivity index (χ1v) is 6.40. The second-order valence-electron chi connectivity index (χ2n) is 3.79. The molecule has 5 nitrogen and oxygen atoms in total. The lowest BCUT2D eigenvalue weighted by atomic mass is 10.1. The molecule has 1 aromatic carbocycles. The van der Waals surface area contributed by atoms with E-state index in [4.69, 9.17) is 10.6 Å². The average Bonchev–Trinajstić information content (AvgIpc) is 2.43. The predicted molar refractivity (Wildman–Crippen MR) is 73.1 cm³/mol. The van der Waals surface area contributed by atoms with Gasteiger partial charge in [0.15, 0.2) is 5.82 Å². The van der Waals surface area contributed by atoms with Gasteiger partial charge < -0.3 is 10.2 Å². The second kappa shape index (κ2) is 5.68. The number of aromatic nitrogens is 1. The number of pyridine rings is 1. The molecule has 0 unspecified atom stereocenters. The number of carbonyl (C=O) groups is 1. The molecule has 2 aromatic rings. The molecule has 0 aliphatic carbocycles. The largest absolute Gasteiger partial charge is 0.462 e. The molecule has 0 saturated heterocycles. The maximum absolute atomic E-state index is 14.2. The Morgan fingerprint density at radius 2 is 2.25 bits per heavy atom. The molecule has 3 N–H and O–H groups in total. The summed E-state index contributed by atoms with van der Waals surface area (Å²) in [6.07, 6.45) is 1.09. The van der Waals surface area contributed by atoms with Crippen LogP contribution in [0.3, 0.4) is 0 Å². The molecule has 20 heavy (non-hydrogen) atoms. The number of fused-ring (bicyclic) bond motifs is 1. The van der Waals surface area contributed by atoms with Gasteiger partial charge in [-0.3, -0.25) is 10.8 Å². The summed E-state index contributed by atoms with van der Waals surface area (Å²) in [6.45, 7) is 1.76. The highest BCUT2D eigenvalue weighted by molar-refractivity contribution is 9.10. The van der Waals surface area contributed by atoms with Crippen molar-refractivity contribution in [3.8, 4) is 0 Å². The summed E-state index contributed by atoms with van der Waals surface area (Å²) in [4.78, 5) is 15.5. The van der Waals surface area contributed by atoms with Crippen LogP contribution in [0.4, 0.5) is 14.5 Å². The number of anilines is 1. The molecule has 0 spiro atoms. The molecule has 1 heterocycles. The highest BCUT2D eigenvalue weighted by Crippen LogP contribution is 2.33. The Morgan fingerprint density at radius 3 is 2.85 bits per heavy atom. The van der Waals surface area contributed by atoms with Crippen molar-refractivity contribution in [1.29, 1.82) is 0 Å². The van der Waals surface area contributed by atoms with Crippen LogP contribution in [0.2, 0.25) is 0 Å². The van der Waals surface area contributed by atoms with E-state index in [0.29, 0.717) is 0 Å². The van der Waals surface area contributed by atoms with E-state index in [0.717, 1.165) is 12.3 Å². The molecule has 0 amide bonds. The van der Waals surface area contributed by atoms with Crippen LogP contribution in [-0.4, -0.2) is 17.6 Å². The van der Waals surface area contributed by atoms with Gasteiger partial charge in [-0.2, -0.15) is 0 Å². The quantitative estimate of drug-likeness (QED) is 0.387. The van der Waals surface area contributed by atoms with E-state index in [2.05, 4.69) is 26.3 Å². The Kier molecular flexibility index (Phi) is 4.15. The molecule has 8 heteroatoms. The monoisotopic (exact) mass is 345 g/mol. The van der Waals surface area contributed by atoms with E-state index in [1.54, 1.807) is 6.92 Å². The van der Waals surface area contributed by atoms with Crippen LogP contribution in [0.5, 0.6) is 0 Å². The van der Waals surface area contributed by atoms with Crippen LogP contribution in [0.1, 0.15) is 17.3 Å². The number of nitrogen functional groups attached to an aromatic ring is 1. The molecule has 0 radical (unpaired) electrons. The van der Waals surface area contributed by atoms with Crippen molar-refractivity contribution >= 4 is 38.5 Å². The zero-order valence-corrected chi connectivity index (χ0v) is 11.9. The average molecular weight is 346 g/mol. The number of hydrazine groups is 1.